The lowest BCUT2D eigenvalue weighted by molar-refractivity contribution is 0.0746. The van der Waals surface area contributed by atoms with Crippen LogP contribution < -0.4 is 10.6 Å². The zero-order chi connectivity index (χ0) is 15.5. The van der Waals surface area contributed by atoms with E-state index in [0.717, 1.165) is 30.2 Å². The van der Waals surface area contributed by atoms with Crippen LogP contribution in [0.3, 0.4) is 0 Å². The van der Waals surface area contributed by atoms with E-state index in [0.29, 0.717) is 18.7 Å². The van der Waals surface area contributed by atoms with Gasteiger partial charge in [-0.3, -0.25) is 4.79 Å². The van der Waals surface area contributed by atoms with Crippen LogP contribution in [0.4, 0.5) is 11.5 Å². The molecule has 1 aromatic heterocycles. The highest BCUT2D eigenvalue weighted by Crippen LogP contribution is 2.17. The van der Waals surface area contributed by atoms with Gasteiger partial charge >= 0.3 is 0 Å². The molecule has 0 atom stereocenters. The Morgan fingerprint density at radius 1 is 1.14 bits per heavy atom. The fraction of sp³-hybridized carbons (Fsp3) is 0.294. The molecule has 1 fully saturated rings. The summed E-state index contributed by atoms with van der Waals surface area (Å²) in [6.07, 6.45) is 1.80. The monoisotopic (exact) mass is 296 g/mol. The second-order valence-corrected chi connectivity index (χ2v) is 5.54. The fourth-order valence-electron chi connectivity index (χ4n) is 2.67. The van der Waals surface area contributed by atoms with E-state index < -0.39 is 0 Å². The van der Waals surface area contributed by atoms with Crippen molar-refractivity contribution in [1.29, 1.82) is 0 Å². The van der Waals surface area contributed by atoms with Crippen molar-refractivity contribution in [2.24, 2.45) is 0 Å². The number of hydrogen-bond acceptors (Lipinski definition) is 4. The molecule has 5 nitrogen and oxygen atoms in total. The van der Waals surface area contributed by atoms with Crippen molar-refractivity contribution in [2.75, 3.05) is 36.8 Å². The van der Waals surface area contributed by atoms with Gasteiger partial charge in [-0.25, -0.2) is 4.98 Å². The average molecular weight is 296 g/mol. The molecule has 0 saturated carbocycles. The van der Waals surface area contributed by atoms with Crippen LogP contribution >= 0.6 is 0 Å². The number of amides is 1. The highest BCUT2D eigenvalue weighted by Gasteiger charge is 2.22. The van der Waals surface area contributed by atoms with Crippen LogP contribution in [0.2, 0.25) is 0 Å². The molecule has 0 unspecified atom stereocenters. The lowest BCUT2D eigenvalue weighted by Crippen LogP contribution is -2.49. The van der Waals surface area contributed by atoms with Gasteiger partial charge in [-0.1, -0.05) is 6.07 Å². The number of carbonyl (C=O) groups excluding carboxylic acids is 1. The van der Waals surface area contributed by atoms with Crippen LogP contribution in [-0.2, 0) is 0 Å². The van der Waals surface area contributed by atoms with Crippen LogP contribution in [0.25, 0.3) is 0 Å². The van der Waals surface area contributed by atoms with Crippen molar-refractivity contribution in [3.63, 3.8) is 0 Å². The van der Waals surface area contributed by atoms with Gasteiger partial charge in [-0.2, -0.15) is 0 Å². The van der Waals surface area contributed by atoms with E-state index in [-0.39, 0.29) is 5.91 Å². The quantitative estimate of drug-likeness (QED) is 0.860. The molecule has 1 amide bonds. The number of aryl methyl sites for hydroxylation is 1. The number of rotatable bonds is 2. The first kappa shape index (κ1) is 14.4. The van der Waals surface area contributed by atoms with E-state index in [1.54, 1.807) is 18.3 Å². The van der Waals surface area contributed by atoms with Crippen LogP contribution in [0, 0.1) is 6.92 Å². The molecular weight excluding hydrogens is 276 g/mol. The molecule has 5 heteroatoms. The molecule has 1 aliphatic rings. The number of benzene rings is 1. The smallest absolute Gasteiger partial charge is 0.253 e. The third-order valence-electron chi connectivity index (χ3n) is 4.06. The van der Waals surface area contributed by atoms with Crippen molar-refractivity contribution < 1.29 is 4.79 Å². The number of nitrogens with zero attached hydrogens (tertiary/aromatic N) is 3. The largest absolute Gasteiger partial charge is 0.399 e. The van der Waals surface area contributed by atoms with Gasteiger partial charge in [-0.05, 0) is 42.8 Å². The van der Waals surface area contributed by atoms with E-state index in [1.165, 1.54) is 0 Å². The number of aromatic nitrogens is 1. The maximum Gasteiger partial charge on any atom is 0.253 e. The first-order valence-corrected chi connectivity index (χ1v) is 7.46. The summed E-state index contributed by atoms with van der Waals surface area (Å²) in [6.45, 7) is 4.94. The second kappa shape index (κ2) is 6.05. The van der Waals surface area contributed by atoms with Crippen LogP contribution in [-0.4, -0.2) is 42.0 Å². The molecule has 2 heterocycles. The van der Waals surface area contributed by atoms with Gasteiger partial charge in [0.15, 0.2) is 0 Å². The Labute approximate surface area is 130 Å². The first-order chi connectivity index (χ1) is 10.6. The maximum absolute atomic E-state index is 12.6. The summed E-state index contributed by atoms with van der Waals surface area (Å²) in [5, 5.41) is 0. The summed E-state index contributed by atoms with van der Waals surface area (Å²) >= 11 is 0. The van der Waals surface area contributed by atoms with E-state index in [1.807, 2.05) is 36.1 Å². The Balaban J connectivity index is 1.66. The van der Waals surface area contributed by atoms with Gasteiger partial charge in [0.25, 0.3) is 5.91 Å². The molecule has 2 N–H and O–H groups in total. The number of nitrogens with two attached hydrogens (primary N) is 1. The van der Waals surface area contributed by atoms with E-state index in [4.69, 9.17) is 5.73 Å². The zero-order valence-corrected chi connectivity index (χ0v) is 12.7. The van der Waals surface area contributed by atoms with Crippen molar-refractivity contribution in [3.8, 4) is 0 Å². The lowest BCUT2D eigenvalue weighted by atomic mass is 10.1. The minimum atomic E-state index is 0.0729. The van der Waals surface area contributed by atoms with Crippen LogP contribution in [0.15, 0.2) is 42.6 Å². The summed E-state index contributed by atoms with van der Waals surface area (Å²) < 4.78 is 0. The number of anilines is 2. The van der Waals surface area contributed by atoms with Crippen molar-refractivity contribution >= 4 is 17.4 Å². The van der Waals surface area contributed by atoms with Crippen LogP contribution in [0.5, 0.6) is 0 Å². The summed E-state index contributed by atoms with van der Waals surface area (Å²) in [7, 11) is 0. The minimum absolute atomic E-state index is 0.0729. The van der Waals surface area contributed by atoms with Gasteiger partial charge in [0.1, 0.15) is 5.82 Å². The maximum atomic E-state index is 12.6. The minimum Gasteiger partial charge on any atom is -0.399 e. The average Bonchev–Trinajstić information content (AvgIpc) is 2.58. The fourth-order valence-corrected chi connectivity index (χ4v) is 2.67. The molecule has 0 aliphatic carbocycles. The van der Waals surface area contributed by atoms with Gasteiger partial charge < -0.3 is 15.5 Å². The normalized spacial score (nSPS) is 15.0. The van der Waals surface area contributed by atoms with Crippen molar-refractivity contribution in [2.45, 2.75) is 6.92 Å². The third kappa shape index (κ3) is 2.88. The summed E-state index contributed by atoms with van der Waals surface area (Å²) in [5.41, 5.74) is 8.18. The van der Waals surface area contributed by atoms with Crippen molar-refractivity contribution in [1.82, 2.24) is 9.88 Å². The Morgan fingerprint density at radius 3 is 2.55 bits per heavy atom. The zero-order valence-electron chi connectivity index (χ0n) is 12.7. The summed E-state index contributed by atoms with van der Waals surface area (Å²) in [4.78, 5) is 21.0. The first-order valence-electron chi connectivity index (χ1n) is 7.46. The molecular formula is C17H20N4O. The molecule has 1 aromatic carbocycles. The molecule has 3 rings (SSSR count). The Hall–Kier alpha value is -2.56. The van der Waals surface area contributed by atoms with Gasteiger partial charge in [0.2, 0.25) is 0 Å². The van der Waals surface area contributed by atoms with Gasteiger partial charge in [-0.15, -0.1) is 0 Å². The molecule has 2 aromatic rings. The Kier molecular flexibility index (Phi) is 3.96. The standard InChI is InChI=1S/C17H20N4O/c1-13-12-14(5-6-15(13)18)17(22)21-10-8-20(9-11-21)16-4-2-3-7-19-16/h2-7,12H,8-11,18H2,1H3. The Bertz CT molecular complexity index is 664. The summed E-state index contributed by atoms with van der Waals surface area (Å²) in [5.74, 6) is 1.04. The predicted octanol–water partition coefficient (Wildman–Crippen LogP) is 1.93. The van der Waals surface area contributed by atoms with E-state index in [9.17, 15) is 4.79 Å². The molecule has 22 heavy (non-hydrogen) atoms. The highest BCUT2D eigenvalue weighted by atomic mass is 16.2. The third-order valence-corrected chi connectivity index (χ3v) is 4.06. The molecule has 0 radical (unpaired) electrons. The van der Waals surface area contributed by atoms with Crippen molar-refractivity contribution in [3.05, 3.63) is 53.7 Å². The molecule has 0 spiro atoms. The lowest BCUT2D eigenvalue weighted by Gasteiger charge is -2.35. The SMILES string of the molecule is Cc1cc(C(=O)N2CCN(c3ccccn3)CC2)ccc1N. The topological polar surface area (TPSA) is 62.5 Å². The highest BCUT2D eigenvalue weighted by molar-refractivity contribution is 5.95. The number of carbonyl (C=O) groups is 1. The van der Waals surface area contributed by atoms with Gasteiger partial charge in [0, 0.05) is 43.6 Å². The summed E-state index contributed by atoms with van der Waals surface area (Å²) in [6, 6.07) is 11.4. The number of piperazine rings is 1. The molecule has 0 bridgehead atoms. The van der Waals surface area contributed by atoms with Gasteiger partial charge in [0.05, 0.1) is 0 Å². The molecule has 1 aliphatic heterocycles. The van der Waals surface area contributed by atoms with E-state index >= 15 is 0 Å². The number of pyridine rings is 1. The molecule has 114 valence electrons. The van der Waals surface area contributed by atoms with Crippen LogP contribution in [0.1, 0.15) is 15.9 Å². The van der Waals surface area contributed by atoms with E-state index in [2.05, 4.69) is 9.88 Å². The second-order valence-electron chi connectivity index (χ2n) is 5.54. The number of nitrogen functional groups attached to an aromatic ring is 1. The predicted molar refractivity (Wildman–Crippen MR) is 87.9 cm³/mol. The Morgan fingerprint density at radius 2 is 1.91 bits per heavy atom. The molecule has 1 saturated heterocycles. The number of hydrogen-bond donors (Lipinski definition) is 1.